The van der Waals surface area contributed by atoms with Gasteiger partial charge in [-0.15, -0.1) is 0 Å². The lowest BCUT2D eigenvalue weighted by Crippen LogP contribution is -2.14. The number of carbonyl (C=O) groups excluding carboxylic acids is 1. The Bertz CT molecular complexity index is 564. The maximum atomic E-state index is 12.0. The highest BCUT2D eigenvalue weighted by Gasteiger charge is 2.22. The van der Waals surface area contributed by atoms with Crippen LogP contribution in [0, 0.1) is 0 Å². The van der Waals surface area contributed by atoms with Crippen molar-refractivity contribution in [2.45, 2.75) is 31.2 Å². The van der Waals surface area contributed by atoms with Gasteiger partial charge in [0.15, 0.2) is 0 Å². The van der Waals surface area contributed by atoms with Crippen molar-refractivity contribution in [3.05, 3.63) is 18.0 Å². The van der Waals surface area contributed by atoms with E-state index in [0.29, 0.717) is 13.0 Å². The van der Waals surface area contributed by atoms with Crippen molar-refractivity contribution >= 4 is 25.7 Å². The Balaban J connectivity index is 2.92. The molecule has 1 aromatic rings. The molecule has 0 aliphatic heterocycles. The molecule has 0 aliphatic rings. The lowest BCUT2D eigenvalue weighted by atomic mass is 10.3. The van der Waals surface area contributed by atoms with E-state index < -0.39 is 15.0 Å². The van der Waals surface area contributed by atoms with Crippen molar-refractivity contribution in [2.24, 2.45) is 0 Å². The Labute approximate surface area is 123 Å². The van der Waals surface area contributed by atoms with Crippen LogP contribution >= 0.6 is 10.7 Å². The van der Waals surface area contributed by atoms with Crippen LogP contribution in [0.15, 0.2) is 17.2 Å². The molecule has 0 aliphatic carbocycles. The van der Waals surface area contributed by atoms with Crippen LogP contribution in [0.25, 0.3) is 0 Å². The van der Waals surface area contributed by atoms with Gasteiger partial charge in [-0.3, -0.25) is 0 Å². The zero-order valence-electron chi connectivity index (χ0n) is 11.6. The number of ether oxygens (including phenoxy) is 2. The number of hydrogen-bond donors (Lipinski definition) is 0. The van der Waals surface area contributed by atoms with Crippen molar-refractivity contribution in [3.8, 4) is 0 Å². The third kappa shape index (κ3) is 4.50. The molecule has 20 heavy (non-hydrogen) atoms. The predicted octanol–water partition coefficient (Wildman–Crippen LogP) is 2.19. The van der Waals surface area contributed by atoms with Crippen LogP contribution in [-0.4, -0.2) is 39.3 Å². The summed E-state index contributed by atoms with van der Waals surface area (Å²) in [4.78, 5) is 11.8. The number of methoxy groups -OCH3 is 1. The van der Waals surface area contributed by atoms with Crippen molar-refractivity contribution in [2.75, 3.05) is 20.3 Å². The topological polar surface area (TPSA) is 74.6 Å². The highest BCUT2D eigenvalue weighted by atomic mass is 35.7. The van der Waals surface area contributed by atoms with Gasteiger partial charge in [-0.1, -0.05) is 0 Å². The summed E-state index contributed by atoms with van der Waals surface area (Å²) in [5.41, 5.74) is 0.164. The van der Waals surface area contributed by atoms with Gasteiger partial charge < -0.3 is 14.0 Å². The molecule has 6 nitrogen and oxygen atoms in total. The highest BCUT2D eigenvalue weighted by molar-refractivity contribution is 8.13. The normalized spacial score (nSPS) is 11.8. The van der Waals surface area contributed by atoms with Gasteiger partial charge in [0.2, 0.25) is 0 Å². The van der Waals surface area contributed by atoms with Crippen molar-refractivity contribution < 1.29 is 22.7 Å². The van der Waals surface area contributed by atoms with E-state index >= 15 is 0 Å². The number of nitrogens with zero attached hydrogens (tertiary/aromatic N) is 1. The molecular formula is C12H18ClNO5S. The van der Waals surface area contributed by atoms with Gasteiger partial charge in [0.1, 0.15) is 10.6 Å². The Morgan fingerprint density at radius 2 is 2.05 bits per heavy atom. The van der Waals surface area contributed by atoms with Crippen molar-refractivity contribution in [1.29, 1.82) is 0 Å². The number of hydrogen-bond acceptors (Lipinski definition) is 5. The molecule has 0 amide bonds. The fourth-order valence-electron chi connectivity index (χ4n) is 1.62. The van der Waals surface area contributed by atoms with E-state index in [4.69, 9.17) is 20.2 Å². The Hall–Kier alpha value is -1.05. The lowest BCUT2D eigenvalue weighted by molar-refractivity contribution is 0.0454. The first-order valence-electron chi connectivity index (χ1n) is 6.10. The molecule has 0 radical (unpaired) electrons. The summed E-state index contributed by atoms with van der Waals surface area (Å²) >= 11 is 0. The molecule has 0 unspecified atom stereocenters. The summed E-state index contributed by atoms with van der Waals surface area (Å²) in [6, 6.07) is 1.13. The van der Waals surface area contributed by atoms with Gasteiger partial charge in [0.25, 0.3) is 9.05 Å². The number of aromatic nitrogens is 1. The standard InChI is InChI=1S/C12H18ClNO5S/c1-9(2)14-8-10(20(13,16)17)7-11(14)12(15)19-6-4-5-18-3/h7-9H,4-6H2,1-3H3. The summed E-state index contributed by atoms with van der Waals surface area (Å²) < 4.78 is 34.1. The van der Waals surface area contributed by atoms with Crippen LogP contribution in [0.1, 0.15) is 36.8 Å². The Kier molecular flexibility index (Phi) is 6.04. The van der Waals surface area contributed by atoms with Crippen molar-refractivity contribution in [3.63, 3.8) is 0 Å². The van der Waals surface area contributed by atoms with Gasteiger partial charge in [0, 0.05) is 43.1 Å². The van der Waals surface area contributed by atoms with E-state index in [1.807, 2.05) is 13.8 Å². The second kappa shape index (κ2) is 7.10. The molecular weight excluding hydrogens is 306 g/mol. The van der Waals surface area contributed by atoms with E-state index in [1.165, 1.54) is 16.8 Å². The fraction of sp³-hybridized carbons (Fsp3) is 0.583. The third-order valence-electron chi connectivity index (χ3n) is 2.60. The van der Waals surface area contributed by atoms with E-state index in [0.717, 1.165) is 0 Å². The molecule has 0 N–H and O–H groups in total. The molecule has 0 spiro atoms. The first-order chi connectivity index (χ1) is 9.27. The molecule has 1 heterocycles. The predicted molar refractivity (Wildman–Crippen MR) is 74.6 cm³/mol. The monoisotopic (exact) mass is 323 g/mol. The molecule has 0 saturated carbocycles. The molecule has 114 valence electrons. The van der Waals surface area contributed by atoms with Crippen LogP contribution < -0.4 is 0 Å². The molecule has 0 atom stereocenters. The van der Waals surface area contributed by atoms with E-state index in [9.17, 15) is 13.2 Å². The SMILES string of the molecule is COCCCOC(=O)c1cc(S(=O)(=O)Cl)cn1C(C)C. The highest BCUT2D eigenvalue weighted by Crippen LogP contribution is 2.22. The second-order valence-corrected chi connectivity index (χ2v) is 7.05. The van der Waals surface area contributed by atoms with Gasteiger partial charge in [-0.25, -0.2) is 13.2 Å². The summed E-state index contributed by atoms with van der Waals surface area (Å²) in [5.74, 6) is -0.582. The molecule has 1 rings (SSSR count). The van der Waals surface area contributed by atoms with Crippen LogP contribution in [0.5, 0.6) is 0 Å². The Morgan fingerprint density at radius 3 is 2.55 bits per heavy atom. The van der Waals surface area contributed by atoms with E-state index in [2.05, 4.69) is 0 Å². The maximum Gasteiger partial charge on any atom is 0.354 e. The molecule has 8 heteroatoms. The number of rotatable bonds is 7. The van der Waals surface area contributed by atoms with Gasteiger partial charge >= 0.3 is 5.97 Å². The Morgan fingerprint density at radius 1 is 1.40 bits per heavy atom. The summed E-state index contributed by atoms with van der Waals surface area (Å²) in [6.45, 7) is 4.34. The second-order valence-electron chi connectivity index (χ2n) is 4.48. The minimum absolute atomic E-state index is 0.0938. The van der Waals surface area contributed by atoms with E-state index in [-0.39, 0.29) is 23.2 Å². The number of esters is 1. The van der Waals surface area contributed by atoms with Crippen LogP contribution in [0.2, 0.25) is 0 Å². The number of halogens is 1. The smallest absolute Gasteiger partial charge is 0.354 e. The zero-order chi connectivity index (χ0) is 15.3. The molecule has 0 bridgehead atoms. The van der Waals surface area contributed by atoms with Gasteiger partial charge in [-0.05, 0) is 19.9 Å². The summed E-state index contributed by atoms with van der Waals surface area (Å²) in [7, 11) is 2.97. The van der Waals surface area contributed by atoms with Crippen molar-refractivity contribution in [1.82, 2.24) is 4.57 Å². The maximum absolute atomic E-state index is 12.0. The average Bonchev–Trinajstić information content (AvgIpc) is 2.79. The fourth-order valence-corrected chi connectivity index (χ4v) is 2.37. The zero-order valence-corrected chi connectivity index (χ0v) is 13.2. The minimum Gasteiger partial charge on any atom is -0.461 e. The van der Waals surface area contributed by atoms with Gasteiger partial charge in [-0.2, -0.15) is 0 Å². The first-order valence-corrected chi connectivity index (χ1v) is 8.41. The van der Waals surface area contributed by atoms with Crippen LogP contribution in [0.4, 0.5) is 0 Å². The average molecular weight is 324 g/mol. The quantitative estimate of drug-likeness (QED) is 0.437. The molecule has 0 aromatic carbocycles. The largest absolute Gasteiger partial charge is 0.461 e. The van der Waals surface area contributed by atoms with E-state index in [1.54, 1.807) is 7.11 Å². The summed E-state index contributed by atoms with van der Waals surface area (Å²) in [5, 5.41) is 0. The third-order valence-corrected chi connectivity index (χ3v) is 3.92. The molecule has 0 fully saturated rings. The molecule has 0 saturated heterocycles. The lowest BCUT2D eigenvalue weighted by Gasteiger charge is -2.12. The van der Waals surface area contributed by atoms with Crippen LogP contribution in [0.3, 0.4) is 0 Å². The minimum atomic E-state index is -3.88. The molecule has 1 aromatic heterocycles. The van der Waals surface area contributed by atoms with Crippen LogP contribution in [-0.2, 0) is 18.5 Å². The number of carbonyl (C=O) groups is 1. The first kappa shape index (κ1) is 17.0. The summed E-state index contributed by atoms with van der Waals surface area (Å²) in [6.07, 6.45) is 1.91. The van der Waals surface area contributed by atoms with Gasteiger partial charge in [0.05, 0.1) is 6.61 Å².